The number of carbonyl (C=O) groups excluding carboxylic acids is 4. The number of ether oxygens (including phenoxy) is 1. The topological polar surface area (TPSA) is 147 Å². The summed E-state index contributed by atoms with van der Waals surface area (Å²) in [5.74, 6) is -3.37. The number of methoxy groups -OCH3 is 1. The Bertz CT molecular complexity index is 1240. The van der Waals surface area contributed by atoms with Gasteiger partial charge in [-0.15, -0.1) is 0 Å². The number of aliphatic hydroxyl groups excluding tert-OH is 1. The van der Waals surface area contributed by atoms with Crippen molar-refractivity contribution in [3.63, 3.8) is 0 Å². The van der Waals surface area contributed by atoms with E-state index in [0.717, 1.165) is 5.56 Å². The number of benzene rings is 1. The Morgan fingerprint density at radius 2 is 1.79 bits per heavy atom. The van der Waals surface area contributed by atoms with Crippen molar-refractivity contribution in [3.05, 3.63) is 54.2 Å². The maximum atomic E-state index is 13.6. The number of carbonyl (C=O) groups is 4. The minimum atomic E-state index is -1.33. The molecule has 0 unspecified atom stereocenters. The number of likely N-dealkylation sites (N-methyl/N-ethyl adjacent to an activating group) is 1. The van der Waals surface area contributed by atoms with Crippen LogP contribution >= 0.6 is 0 Å². The van der Waals surface area contributed by atoms with Gasteiger partial charge in [0.15, 0.2) is 0 Å². The lowest BCUT2D eigenvalue weighted by molar-refractivity contribution is -0.149. The molecule has 0 bridgehead atoms. The standard InChI is InChI=1S/C30H41BN4O7/c1-18(2)17-25(31-35(5)24(30(40)41-6)16-15-19(3)29(39)42-31)33-28(38)26(20(4)36)34-27(37)23-14-10-13-22(32-23)21-11-8-7-9-12-21/h7-14,18-20,24-26,36H,15-17H2,1-6H3,(H,33,38)(H,34,37)/t19-,20+,24+,25-,26-/m0/s1. The largest absolute Gasteiger partial charge is 0.518 e. The summed E-state index contributed by atoms with van der Waals surface area (Å²) < 4.78 is 10.9. The number of hydrogen-bond donors (Lipinski definition) is 3. The molecule has 3 rings (SSSR count). The fraction of sp³-hybridized carbons (Fsp3) is 0.500. The van der Waals surface area contributed by atoms with Gasteiger partial charge in [-0.3, -0.25) is 24.0 Å². The van der Waals surface area contributed by atoms with Gasteiger partial charge in [0.05, 0.1) is 30.8 Å². The summed E-state index contributed by atoms with van der Waals surface area (Å²) in [5, 5.41) is 16.0. The summed E-state index contributed by atoms with van der Waals surface area (Å²) in [4.78, 5) is 58.3. The Balaban J connectivity index is 1.85. The highest BCUT2D eigenvalue weighted by atomic mass is 16.5. The molecule has 0 spiro atoms. The minimum absolute atomic E-state index is 0.0614. The number of pyridine rings is 1. The van der Waals surface area contributed by atoms with E-state index in [1.54, 1.807) is 30.9 Å². The minimum Gasteiger partial charge on any atom is -0.518 e. The van der Waals surface area contributed by atoms with Gasteiger partial charge in [-0.25, -0.2) is 4.98 Å². The van der Waals surface area contributed by atoms with Crippen molar-refractivity contribution >= 4 is 30.8 Å². The molecule has 0 aliphatic carbocycles. The highest BCUT2D eigenvalue weighted by molar-refractivity contribution is 6.53. The van der Waals surface area contributed by atoms with E-state index < -0.39 is 60.9 Å². The molecule has 1 fully saturated rings. The van der Waals surface area contributed by atoms with Crippen molar-refractivity contribution in [1.29, 1.82) is 0 Å². The third kappa shape index (κ3) is 8.39. The summed E-state index contributed by atoms with van der Waals surface area (Å²) in [7, 11) is 1.95. The molecule has 1 saturated heterocycles. The Hall–Kier alpha value is -3.77. The van der Waals surface area contributed by atoms with Crippen molar-refractivity contribution in [2.75, 3.05) is 14.2 Å². The number of nitrogens with one attached hydrogen (secondary N) is 2. The van der Waals surface area contributed by atoms with Gasteiger partial charge in [0.25, 0.3) is 11.9 Å². The summed E-state index contributed by atoms with van der Waals surface area (Å²) in [6, 6.07) is 12.3. The summed E-state index contributed by atoms with van der Waals surface area (Å²) in [6.45, 7) is 7.02. The lowest BCUT2D eigenvalue weighted by atomic mass is 9.65. The first kappa shape index (κ1) is 32.7. The number of hydrogen-bond acceptors (Lipinski definition) is 9. The van der Waals surface area contributed by atoms with Crippen molar-refractivity contribution in [1.82, 2.24) is 20.4 Å². The Morgan fingerprint density at radius 3 is 2.40 bits per heavy atom. The van der Waals surface area contributed by atoms with Gasteiger partial charge < -0.3 is 25.1 Å². The molecular weight excluding hydrogens is 539 g/mol. The number of esters is 1. The second-order valence-electron chi connectivity index (χ2n) is 11.2. The lowest BCUT2D eigenvalue weighted by Crippen LogP contribution is -2.64. The van der Waals surface area contributed by atoms with Crippen molar-refractivity contribution in [2.45, 2.75) is 71.1 Å². The first-order chi connectivity index (χ1) is 19.9. The molecule has 2 aromatic rings. The third-order valence-electron chi connectivity index (χ3n) is 7.38. The van der Waals surface area contributed by atoms with Crippen LogP contribution in [0.25, 0.3) is 11.3 Å². The first-order valence-corrected chi connectivity index (χ1v) is 14.2. The van der Waals surface area contributed by atoms with E-state index in [4.69, 9.17) is 9.39 Å². The molecule has 11 nitrogen and oxygen atoms in total. The van der Waals surface area contributed by atoms with Crippen LogP contribution in [-0.2, 0) is 23.8 Å². The molecule has 1 aromatic carbocycles. The molecule has 226 valence electrons. The highest BCUT2D eigenvalue weighted by Gasteiger charge is 2.45. The predicted octanol–water partition coefficient (Wildman–Crippen LogP) is 2.23. The van der Waals surface area contributed by atoms with E-state index in [0.29, 0.717) is 25.0 Å². The lowest BCUT2D eigenvalue weighted by Gasteiger charge is -2.38. The zero-order valence-corrected chi connectivity index (χ0v) is 25.1. The number of aliphatic hydroxyl groups is 1. The second-order valence-corrected chi connectivity index (χ2v) is 11.2. The Morgan fingerprint density at radius 1 is 1.10 bits per heavy atom. The molecule has 2 amide bonds. The number of aromatic nitrogens is 1. The van der Waals surface area contributed by atoms with Crippen molar-refractivity contribution in [2.24, 2.45) is 11.8 Å². The molecule has 3 N–H and O–H groups in total. The maximum Gasteiger partial charge on any atom is 0.475 e. The SMILES string of the molecule is COC(=O)[C@H]1CC[C@H](C)C(=O)OB([C@H](CC(C)C)NC(=O)[C@@H](NC(=O)c2cccc(-c3ccccc3)n2)[C@@H](C)O)N1C. The molecule has 5 atom stereocenters. The quantitative estimate of drug-likeness (QED) is 0.284. The smallest absolute Gasteiger partial charge is 0.475 e. The van der Waals surface area contributed by atoms with Crippen LogP contribution in [0.2, 0.25) is 0 Å². The van der Waals surface area contributed by atoms with Gasteiger partial charge in [-0.2, -0.15) is 0 Å². The number of rotatable bonds is 10. The average Bonchev–Trinajstić information content (AvgIpc) is 2.97. The molecule has 2 heterocycles. The normalized spacial score (nSPS) is 20.0. The van der Waals surface area contributed by atoms with Crippen LogP contribution in [0.3, 0.4) is 0 Å². The zero-order chi connectivity index (χ0) is 31.0. The van der Waals surface area contributed by atoms with Crippen molar-refractivity contribution < 1.29 is 33.7 Å². The van der Waals surface area contributed by atoms with E-state index >= 15 is 0 Å². The third-order valence-corrected chi connectivity index (χ3v) is 7.38. The van der Waals surface area contributed by atoms with E-state index in [1.165, 1.54) is 20.1 Å². The molecule has 1 aliphatic heterocycles. The van der Waals surface area contributed by atoms with Crippen LogP contribution in [0.5, 0.6) is 0 Å². The van der Waals surface area contributed by atoms with Gasteiger partial charge >= 0.3 is 13.0 Å². The van der Waals surface area contributed by atoms with E-state index in [-0.39, 0.29) is 11.6 Å². The van der Waals surface area contributed by atoms with Crippen molar-refractivity contribution in [3.8, 4) is 11.3 Å². The van der Waals surface area contributed by atoms with Gasteiger partial charge in [-0.05, 0) is 51.3 Å². The molecule has 42 heavy (non-hydrogen) atoms. The molecule has 12 heteroatoms. The maximum absolute atomic E-state index is 13.6. The average molecular weight is 580 g/mol. The van der Waals surface area contributed by atoms with Gasteiger partial charge in [0.2, 0.25) is 5.91 Å². The summed E-state index contributed by atoms with van der Waals surface area (Å²) in [5.41, 5.74) is 1.49. The van der Waals surface area contributed by atoms with Gasteiger partial charge in [-0.1, -0.05) is 57.2 Å². The predicted molar refractivity (Wildman–Crippen MR) is 158 cm³/mol. The number of nitrogens with zero attached hydrogens (tertiary/aromatic N) is 2. The fourth-order valence-corrected chi connectivity index (χ4v) is 4.99. The second kappa shape index (κ2) is 14.9. The van der Waals surface area contributed by atoms with E-state index in [2.05, 4.69) is 15.6 Å². The van der Waals surface area contributed by atoms with Crippen LogP contribution in [0, 0.1) is 11.8 Å². The van der Waals surface area contributed by atoms with Gasteiger partial charge in [0.1, 0.15) is 17.8 Å². The van der Waals surface area contributed by atoms with Crippen LogP contribution in [0.4, 0.5) is 0 Å². The summed E-state index contributed by atoms with van der Waals surface area (Å²) >= 11 is 0. The van der Waals surface area contributed by atoms with Crippen LogP contribution in [-0.4, -0.2) is 84.0 Å². The van der Waals surface area contributed by atoms with Crippen LogP contribution < -0.4 is 10.6 Å². The monoisotopic (exact) mass is 580 g/mol. The zero-order valence-electron chi connectivity index (χ0n) is 25.1. The first-order valence-electron chi connectivity index (χ1n) is 14.2. The number of amides is 2. The van der Waals surface area contributed by atoms with E-state index in [1.807, 2.05) is 44.2 Å². The molecule has 1 aromatic heterocycles. The van der Waals surface area contributed by atoms with Crippen LogP contribution in [0.15, 0.2) is 48.5 Å². The Kier molecular flexibility index (Phi) is 11.6. The van der Waals surface area contributed by atoms with E-state index in [9.17, 15) is 24.3 Å². The highest BCUT2D eigenvalue weighted by Crippen LogP contribution is 2.23. The molecular formula is C30H41BN4O7. The molecule has 1 aliphatic rings. The molecule has 0 radical (unpaired) electrons. The molecule has 0 saturated carbocycles. The summed E-state index contributed by atoms with van der Waals surface area (Å²) in [6.07, 6.45) is -0.0599. The Labute approximate surface area is 247 Å². The van der Waals surface area contributed by atoms with Gasteiger partial charge in [0, 0.05) is 5.56 Å². The fourth-order valence-electron chi connectivity index (χ4n) is 4.99. The van der Waals surface area contributed by atoms with Crippen LogP contribution in [0.1, 0.15) is 57.4 Å².